The van der Waals surface area contributed by atoms with Gasteiger partial charge in [-0.25, -0.2) is 0 Å². The molecule has 1 amide bonds. The van der Waals surface area contributed by atoms with E-state index in [1.54, 1.807) is 0 Å². The topological polar surface area (TPSA) is 83.1 Å². The number of benzene rings is 2. The Bertz CT molecular complexity index is 1130. The summed E-state index contributed by atoms with van der Waals surface area (Å²) in [6, 6.07) is 13.7. The summed E-state index contributed by atoms with van der Waals surface area (Å²) in [5.41, 5.74) is 2.91. The zero-order chi connectivity index (χ0) is 30.0. The van der Waals surface area contributed by atoms with Gasteiger partial charge in [0.15, 0.2) is 6.29 Å². The second-order valence-corrected chi connectivity index (χ2v) is 11.9. The van der Waals surface area contributed by atoms with Gasteiger partial charge in [0.1, 0.15) is 11.9 Å². The normalized spacial score (nSPS) is 22.3. The van der Waals surface area contributed by atoms with Crippen LogP contribution in [0.15, 0.2) is 42.5 Å². The van der Waals surface area contributed by atoms with Crippen molar-refractivity contribution in [2.24, 2.45) is 10.8 Å². The number of unbranched alkanes of at least 4 members (excludes halogenated alkanes) is 1. The lowest BCUT2D eigenvalue weighted by Crippen LogP contribution is -2.35. The van der Waals surface area contributed by atoms with Crippen LogP contribution in [0.25, 0.3) is 0 Å². The van der Waals surface area contributed by atoms with Gasteiger partial charge in [-0.2, -0.15) is 0 Å². The van der Waals surface area contributed by atoms with Gasteiger partial charge in [-0.15, -0.1) is 0 Å². The second kappa shape index (κ2) is 14.8. The second-order valence-electron chi connectivity index (χ2n) is 11.9. The summed E-state index contributed by atoms with van der Waals surface area (Å²) in [6.07, 6.45) is 3.45. The predicted molar refractivity (Wildman–Crippen MR) is 162 cm³/mol. The van der Waals surface area contributed by atoms with Crippen LogP contribution in [0.2, 0.25) is 0 Å². The molecule has 226 valence electrons. The van der Waals surface area contributed by atoms with Crippen molar-refractivity contribution in [2.45, 2.75) is 99.4 Å². The highest BCUT2D eigenvalue weighted by Crippen LogP contribution is 2.38. The average molecular weight is 568 g/mol. The molecule has 2 aromatic rings. The van der Waals surface area contributed by atoms with Crippen LogP contribution < -0.4 is 10.1 Å². The quantitative estimate of drug-likeness (QED) is 0.197. The fourth-order valence-corrected chi connectivity index (χ4v) is 5.15. The first-order valence-electron chi connectivity index (χ1n) is 15.1. The van der Waals surface area contributed by atoms with Gasteiger partial charge in [-0.1, -0.05) is 51.1 Å². The van der Waals surface area contributed by atoms with Crippen molar-refractivity contribution in [2.75, 3.05) is 25.1 Å². The first-order chi connectivity index (χ1) is 19.5. The fraction of sp³-hybridized carbons (Fsp3) is 0.588. The molecule has 0 spiro atoms. The summed E-state index contributed by atoms with van der Waals surface area (Å²) in [7, 11) is 0. The zero-order valence-corrected chi connectivity index (χ0v) is 26.0. The largest absolute Gasteiger partial charge is 0.494 e. The standard InChI is InChI=1S/C34H49NO6/c1-8-33(6)22-28(41-31(40-23-33)26-16-12-11-13-17-26)30(36)35-29-24(4)20-27(21-25(29)5)39-19-15-14-18-34(7,9-2)32(37)38-10-3/h11-13,16-17,20-21,28,31H,8-10,14-15,18-19,22-23H2,1-7H3,(H,35,36). The summed E-state index contributed by atoms with van der Waals surface area (Å²) < 4.78 is 23.7. The number of rotatable bonds is 13. The molecule has 41 heavy (non-hydrogen) atoms. The maximum absolute atomic E-state index is 13.6. The Morgan fingerprint density at radius 2 is 1.76 bits per heavy atom. The average Bonchev–Trinajstić information content (AvgIpc) is 3.15. The molecular weight excluding hydrogens is 518 g/mol. The number of amides is 1. The van der Waals surface area contributed by atoms with E-state index in [1.807, 2.05) is 77.1 Å². The molecule has 7 heteroatoms. The van der Waals surface area contributed by atoms with E-state index >= 15 is 0 Å². The molecule has 0 aliphatic carbocycles. The number of anilines is 1. The van der Waals surface area contributed by atoms with Crippen LogP contribution in [-0.2, 0) is 23.8 Å². The van der Waals surface area contributed by atoms with Gasteiger partial charge < -0.3 is 24.3 Å². The summed E-state index contributed by atoms with van der Waals surface area (Å²) >= 11 is 0. The highest BCUT2D eigenvalue weighted by molar-refractivity contribution is 5.95. The molecule has 3 rings (SSSR count). The van der Waals surface area contributed by atoms with Crippen molar-refractivity contribution < 1.29 is 28.5 Å². The molecule has 0 aromatic heterocycles. The molecule has 2 aromatic carbocycles. The fourth-order valence-electron chi connectivity index (χ4n) is 5.15. The Hall–Kier alpha value is -2.90. The lowest BCUT2D eigenvalue weighted by atomic mass is 9.82. The lowest BCUT2D eigenvalue weighted by molar-refractivity contribution is -0.169. The van der Waals surface area contributed by atoms with E-state index in [4.69, 9.17) is 18.9 Å². The minimum atomic E-state index is -0.647. The zero-order valence-electron chi connectivity index (χ0n) is 26.0. The van der Waals surface area contributed by atoms with E-state index in [1.165, 1.54) is 0 Å². The first kappa shape index (κ1) is 32.6. The van der Waals surface area contributed by atoms with Crippen molar-refractivity contribution in [3.05, 3.63) is 59.2 Å². The highest BCUT2D eigenvalue weighted by atomic mass is 16.7. The van der Waals surface area contributed by atoms with E-state index in [-0.39, 0.29) is 17.3 Å². The van der Waals surface area contributed by atoms with Gasteiger partial charge in [0.2, 0.25) is 0 Å². The summed E-state index contributed by atoms with van der Waals surface area (Å²) in [5.74, 6) is 0.476. The van der Waals surface area contributed by atoms with Crippen LogP contribution in [-0.4, -0.2) is 37.8 Å². The van der Waals surface area contributed by atoms with Crippen LogP contribution >= 0.6 is 0 Å². The van der Waals surface area contributed by atoms with Gasteiger partial charge in [-0.05, 0) is 94.9 Å². The molecule has 4 atom stereocenters. The Morgan fingerprint density at radius 3 is 2.37 bits per heavy atom. The van der Waals surface area contributed by atoms with E-state index < -0.39 is 17.8 Å². The van der Waals surface area contributed by atoms with Crippen LogP contribution in [0.5, 0.6) is 5.75 Å². The van der Waals surface area contributed by atoms with E-state index in [9.17, 15) is 9.59 Å². The smallest absolute Gasteiger partial charge is 0.311 e. The molecule has 1 saturated heterocycles. The van der Waals surface area contributed by atoms with Crippen molar-refractivity contribution >= 4 is 17.6 Å². The molecule has 1 fully saturated rings. The molecule has 1 aliphatic heterocycles. The maximum Gasteiger partial charge on any atom is 0.311 e. The number of carbonyl (C=O) groups is 2. The SMILES string of the molecule is CCOC(=O)C(C)(CC)CCCCOc1cc(C)c(NC(=O)C2CC(C)(CC)COC(c3ccccc3)O2)c(C)c1. The van der Waals surface area contributed by atoms with Gasteiger partial charge in [-0.3, -0.25) is 9.59 Å². The molecule has 1 aliphatic rings. The number of esters is 1. The molecule has 0 bridgehead atoms. The minimum Gasteiger partial charge on any atom is -0.494 e. The predicted octanol–water partition coefficient (Wildman–Crippen LogP) is 7.69. The Kier molecular flexibility index (Phi) is 11.8. The van der Waals surface area contributed by atoms with Crippen molar-refractivity contribution in [3.8, 4) is 5.75 Å². The van der Waals surface area contributed by atoms with E-state index in [0.717, 1.165) is 60.2 Å². The highest BCUT2D eigenvalue weighted by Gasteiger charge is 2.38. The summed E-state index contributed by atoms with van der Waals surface area (Å²) in [5, 5.41) is 3.14. The lowest BCUT2D eigenvalue weighted by Gasteiger charge is -2.27. The summed E-state index contributed by atoms with van der Waals surface area (Å²) in [4.78, 5) is 25.9. The number of carbonyl (C=O) groups excluding carboxylic acids is 2. The van der Waals surface area contributed by atoms with Crippen LogP contribution in [0.1, 0.15) is 96.1 Å². The number of nitrogens with one attached hydrogen (secondary N) is 1. The summed E-state index contributed by atoms with van der Waals surface area (Å²) in [6.45, 7) is 15.5. The molecule has 1 heterocycles. The molecular formula is C34H49NO6. The van der Waals surface area contributed by atoms with E-state index in [0.29, 0.717) is 26.2 Å². The Morgan fingerprint density at radius 1 is 1.07 bits per heavy atom. The Balaban J connectivity index is 1.61. The van der Waals surface area contributed by atoms with Gasteiger partial charge in [0.05, 0.1) is 25.2 Å². The molecule has 4 unspecified atom stereocenters. The van der Waals surface area contributed by atoms with Crippen molar-refractivity contribution in [3.63, 3.8) is 0 Å². The number of hydrogen-bond acceptors (Lipinski definition) is 6. The third-order valence-corrected chi connectivity index (χ3v) is 8.46. The molecule has 1 N–H and O–H groups in total. The minimum absolute atomic E-state index is 0.121. The third-order valence-electron chi connectivity index (χ3n) is 8.46. The van der Waals surface area contributed by atoms with Crippen LogP contribution in [0.3, 0.4) is 0 Å². The van der Waals surface area contributed by atoms with Gasteiger partial charge >= 0.3 is 5.97 Å². The number of aryl methyl sites for hydroxylation is 2. The Labute approximate surface area is 246 Å². The number of hydrogen-bond donors (Lipinski definition) is 1. The first-order valence-corrected chi connectivity index (χ1v) is 15.1. The number of ether oxygens (including phenoxy) is 4. The van der Waals surface area contributed by atoms with Gasteiger partial charge in [0, 0.05) is 11.3 Å². The molecule has 7 nitrogen and oxygen atoms in total. The van der Waals surface area contributed by atoms with E-state index in [2.05, 4.69) is 19.2 Å². The molecule has 0 radical (unpaired) electrons. The van der Waals surface area contributed by atoms with Crippen LogP contribution in [0, 0.1) is 24.7 Å². The van der Waals surface area contributed by atoms with Gasteiger partial charge in [0.25, 0.3) is 5.91 Å². The molecule has 0 saturated carbocycles. The third kappa shape index (κ3) is 8.79. The monoisotopic (exact) mass is 567 g/mol. The van der Waals surface area contributed by atoms with Crippen molar-refractivity contribution in [1.82, 2.24) is 0 Å². The van der Waals surface area contributed by atoms with Crippen molar-refractivity contribution in [1.29, 1.82) is 0 Å². The maximum atomic E-state index is 13.6. The van der Waals surface area contributed by atoms with Crippen LogP contribution in [0.4, 0.5) is 5.69 Å².